The lowest BCUT2D eigenvalue weighted by atomic mass is 9.99. The van der Waals surface area contributed by atoms with Crippen molar-refractivity contribution >= 4 is 11.7 Å². The maximum Gasteiger partial charge on any atom is 0.337 e. The molecule has 1 atom stereocenters. The van der Waals surface area contributed by atoms with Crippen molar-refractivity contribution in [1.29, 1.82) is 0 Å². The summed E-state index contributed by atoms with van der Waals surface area (Å²) in [6, 6.07) is 5.66. The van der Waals surface area contributed by atoms with Gasteiger partial charge in [0.05, 0.1) is 25.9 Å². The molecular formula is C17H21NO4. The van der Waals surface area contributed by atoms with E-state index in [2.05, 4.69) is 18.4 Å². The van der Waals surface area contributed by atoms with E-state index >= 15 is 0 Å². The van der Waals surface area contributed by atoms with Gasteiger partial charge in [-0.3, -0.25) is 0 Å². The van der Waals surface area contributed by atoms with Gasteiger partial charge in [-0.15, -0.1) is 0 Å². The van der Waals surface area contributed by atoms with Gasteiger partial charge in [0.2, 0.25) is 0 Å². The van der Waals surface area contributed by atoms with Crippen molar-refractivity contribution in [3.05, 3.63) is 41.6 Å². The number of anilines is 1. The predicted molar refractivity (Wildman–Crippen MR) is 83.0 cm³/mol. The molecule has 5 heteroatoms. The molecule has 0 spiro atoms. The highest BCUT2D eigenvalue weighted by atomic mass is 16.7. The fourth-order valence-electron chi connectivity index (χ4n) is 3.03. The number of nitrogens with zero attached hydrogens (tertiary/aromatic N) is 1. The van der Waals surface area contributed by atoms with Crippen molar-refractivity contribution in [3.63, 3.8) is 0 Å². The Morgan fingerprint density at radius 2 is 2.14 bits per heavy atom. The molecule has 0 saturated carbocycles. The molecule has 2 aliphatic rings. The van der Waals surface area contributed by atoms with Gasteiger partial charge in [0.1, 0.15) is 0 Å². The van der Waals surface area contributed by atoms with E-state index in [1.165, 1.54) is 7.11 Å². The molecule has 2 aliphatic heterocycles. The maximum absolute atomic E-state index is 11.7. The van der Waals surface area contributed by atoms with Crippen LogP contribution in [-0.4, -0.2) is 39.1 Å². The van der Waals surface area contributed by atoms with Crippen LogP contribution in [0.1, 0.15) is 35.2 Å². The van der Waals surface area contributed by atoms with E-state index in [0.717, 1.165) is 29.9 Å². The predicted octanol–water partition coefficient (Wildman–Crippen LogP) is 2.67. The van der Waals surface area contributed by atoms with Gasteiger partial charge >= 0.3 is 5.97 Å². The van der Waals surface area contributed by atoms with E-state index < -0.39 is 0 Å². The molecule has 2 heterocycles. The summed E-state index contributed by atoms with van der Waals surface area (Å²) >= 11 is 0. The molecule has 1 unspecified atom stereocenters. The van der Waals surface area contributed by atoms with E-state index in [1.807, 2.05) is 12.1 Å². The molecule has 1 saturated heterocycles. The Labute approximate surface area is 130 Å². The van der Waals surface area contributed by atoms with Crippen LogP contribution < -0.4 is 4.90 Å². The Balaban J connectivity index is 1.79. The molecule has 0 radical (unpaired) electrons. The van der Waals surface area contributed by atoms with Crippen LogP contribution in [0.5, 0.6) is 0 Å². The van der Waals surface area contributed by atoms with E-state index in [0.29, 0.717) is 18.8 Å². The summed E-state index contributed by atoms with van der Waals surface area (Å²) in [7, 11) is 1.39. The highest BCUT2D eigenvalue weighted by molar-refractivity contribution is 5.91. The first-order valence-electron chi connectivity index (χ1n) is 7.53. The number of fused-ring (bicyclic) bond motifs is 1. The van der Waals surface area contributed by atoms with Crippen LogP contribution >= 0.6 is 0 Å². The van der Waals surface area contributed by atoms with Gasteiger partial charge < -0.3 is 19.1 Å². The Morgan fingerprint density at radius 1 is 1.41 bits per heavy atom. The lowest BCUT2D eigenvalue weighted by Gasteiger charge is -2.23. The van der Waals surface area contributed by atoms with Crippen LogP contribution in [0.4, 0.5) is 5.69 Å². The van der Waals surface area contributed by atoms with Crippen molar-refractivity contribution in [2.24, 2.45) is 0 Å². The van der Waals surface area contributed by atoms with Crippen LogP contribution in [0.2, 0.25) is 0 Å². The second-order valence-electron chi connectivity index (χ2n) is 5.59. The maximum atomic E-state index is 11.7. The molecule has 0 aliphatic carbocycles. The molecular weight excluding hydrogens is 282 g/mol. The van der Waals surface area contributed by atoms with Gasteiger partial charge in [0.25, 0.3) is 0 Å². The summed E-state index contributed by atoms with van der Waals surface area (Å²) in [6.07, 6.45) is 0.672. The minimum Gasteiger partial charge on any atom is -0.465 e. The van der Waals surface area contributed by atoms with E-state index in [4.69, 9.17) is 14.2 Å². The number of hydrogen-bond acceptors (Lipinski definition) is 5. The van der Waals surface area contributed by atoms with Crippen LogP contribution in [-0.2, 0) is 14.2 Å². The average molecular weight is 303 g/mol. The van der Waals surface area contributed by atoms with Crippen LogP contribution in [0, 0.1) is 0 Å². The fourth-order valence-corrected chi connectivity index (χ4v) is 3.03. The zero-order valence-corrected chi connectivity index (χ0v) is 13.0. The van der Waals surface area contributed by atoms with Crippen molar-refractivity contribution in [2.45, 2.75) is 25.6 Å². The summed E-state index contributed by atoms with van der Waals surface area (Å²) in [4.78, 5) is 13.9. The van der Waals surface area contributed by atoms with E-state index in [1.54, 1.807) is 6.07 Å². The second-order valence-corrected chi connectivity index (χ2v) is 5.59. The van der Waals surface area contributed by atoms with Gasteiger partial charge in [-0.2, -0.15) is 0 Å². The lowest BCUT2D eigenvalue weighted by Crippen LogP contribution is -2.24. The number of methoxy groups -OCH3 is 1. The van der Waals surface area contributed by atoms with Gasteiger partial charge in [-0.1, -0.05) is 13.5 Å². The number of carbonyl (C=O) groups excluding carboxylic acids is 1. The van der Waals surface area contributed by atoms with Gasteiger partial charge in [0, 0.05) is 30.3 Å². The molecule has 118 valence electrons. The summed E-state index contributed by atoms with van der Waals surface area (Å²) in [5, 5.41) is 0. The normalized spacial score (nSPS) is 21.3. The SMILES string of the molecule is C=C1C(C)c2cc(C(=O)OC)ccc2N1CCC1OCCO1. The Morgan fingerprint density at radius 3 is 2.82 bits per heavy atom. The summed E-state index contributed by atoms with van der Waals surface area (Å²) in [5.41, 5.74) is 3.82. The number of benzene rings is 1. The van der Waals surface area contributed by atoms with Crippen LogP contribution in [0.3, 0.4) is 0 Å². The fraction of sp³-hybridized carbons (Fsp3) is 0.471. The zero-order valence-electron chi connectivity index (χ0n) is 13.0. The quantitative estimate of drug-likeness (QED) is 0.800. The van der Waals surface area contributed by atoms with Crippen molar-refractivity contribution in [3.8, 4) is 0 Å². The Kier molecular flexibility index (Phi) is 4.18. The summed E-state index contributed by atoms with van der Waals surface area (Å²) in [5.74, 6) is -0.128. The zero-order chi connectivity index (χ0) is 15.7. The summed E-state index contributed by atoms with van der Waals surface area (Å²) in [6.45, 7) is 8.43. The van der Waals surface area contributed by atoms with E-state index in [9.17, 15) is 4.79 Å². The first kappa shape index (κ1) is 15.1. The van der Waals surface area contributed by atoms with Crippen LogP contribution in [0.25, 0.3) is 0 Å². The molecule has 1 fully saturated rings. The Hall–Kier alpha value is -1.85. The molecule has 0 N–H and O–H groups in total. The van der Waals surface area contributed by atoms with Crippen molar-refractivity contribution in [1.82, 2.24) is 0 Å². The third-order valence-corrected chi connectivity index (χ3v) is 4.33. The minimum absolute atomic E-state index is 0.124. The first-order chi connectivity index (χ1) is 10.6. The first-order valence-corrected chi connectivity index (χ1v) is 7.53. The average Bonchev–Trinajstić information content (AvgIpc) is 3.13. The lowest BCUT2D eigenvalue weighted by molar-refractivity contribution is -0.0446. The third-order valence-electron chi connectivity index (χ3n) is 4.33. The minimum atomic E-state index is -0.313. The van der Waals surface area contributed by atoms with Gasteiger partial charge in [0.15, 0.2) is 6.29 Å². The number of rotatable bonds is 4. The molecule has 3 rings (SSSR count). The molecule has 5 nitrogen and oxygen atoms in total. The van der Waals surface area contributed by atoms with Crippen molar-refractivity contribution in [2.75, 3.05) is 31.8 Å². The Bertz CT molecular complexity index is 592. The largest absolute Gasteiger partial charge is 0.465 e. The highest BCUT2D eigenvalue weighted by Gasteiger charge is 2.31. The standard InChI is InChI=1S/C17H21NO4/c1-11-12(2)18(7-6-16-21-8-9-22-16)15-5-4-13(10-14(11)15)17(19)20-3/h4-5,10-11,16H,2,6-9H2,1,3H3. The molecule has 1 aromatic rings. The monoisotopic (exact) mass is 303 g/mol. The molecule has 0 bridgehead atoms. The third kappa shape index (κ3) is 2.62. The highest BCUT2D eigenvalue weighted by Crippen LogP contribution is 2.43. The van der Waals surface area contributed by atoms with E-state index in [-0.39, 0.29) is 18.2 Å². The van der Waals surface area contributed by atoms with Crippen molar-refractivity contribution < 1.29 is 19.0 Å². The molecule has 1 aromatic carbocycles. The number of carbonyl (C=O) groups is 1. The second kappa shape index (κ2) is 6.10. The smallest absolute Gasteiger partial charge is 0.337 e. The van der Waals surface area contributed by atoms with Gasteiger partial charge in [-0.25, -0.2) is 4.79 Å². The number of allylic oxidation sites excluding steroid dienone is 1. The topological polar surface area (TPSA) is 48.0 Å². The molecule has 22 heavy (non-hydrogen) atoms. The number of ether oxygens (including phenoxy) is 3. The van der Waals surface area contributed by atoms with Gasteiger partial charge in [-0.05, 0) is 23.8 Å². The number of hydrogen-bond donors (Lipinski definition) is 0. The molecule has 0 aromatic heterocycles. The number of esters is 1. The molecule has 0 amide bonds. The van der Waals surface area contributed by atoms with Crippen LogP contribution in [0.15, 0.2) is 30.5 Å². The summed E-state index contributed by atoms with van der Waals surface area (Å²) < 4.78 is 15.8.